The van der Waals surface area contributed by atoms with Crippen molar-refractivity contribution in [2.24, 2.45) is 17.4 Å². The van der Waals surface area contributed by atoms with Crippen LogP contribution in [0.3, 0.4) is 0 Å². The lowest BCUT2D eigenvalue weighted by Crippen LogP contribution is -2.70. The number of primary amides is 1. The normalized spacial score (nSPS) is 27.6. The van der Waals surface area contributed by atoms with Crippen LogP contribution in [0.25, 0.3) is 11.1 Å². The minimum absolute atomic E-state index is 0.0153. The van der Waals surface area contributed by atoms with Crippen LogP contribution in [0, 0.1) is 12.8 Å². The molecule has 1 unspecified atom stereocenters. The molecule has 130 heavy (non-hydrogen) atoms. The molecule has 45 nitrogen and oxygen atoms in total. The Morgan fingerprint density at radius 3 is 2.01 bits per heavy atom. The van der Waals surface area contributed by atoms with Gasteiger partial charge in [-0.05, 0) is 133 Å². The maximum atomic E-state index is 16.0. The Labute approximate surface area is 758 Å². The zero-order valence-electron chi connectivity index (χ0n) is 69.2. The largest absolute Gasteiger partial charge is 0.508 e. The predicted molar refractivity (Wildman–Crippen MR) is 452 cm³/mol. The maximum Gasteiger partial charge on any atom is 0.352 e. The summed E-state index contributed by atoms with van der Waals surface area (Å²) in [6, 6.07) is -1.46. The summed E-state index contributed by atoms with van der Waals surface area (Å²) in [6.07, 6.45) is -17.3. The molecule has 9 amide bonds. The molecule has 7 aromatic rings. The molecule has 0 spiro atoms. The molecule has 11 heterocycles. The number of tetrazole rings is 1. The van der Waals surface area contributed by atoms with Gasteiger partial charge in [-0.1, -0.05) is 78.3 Å². The van der Waals surface area contributed by atoms with Crippen LogP contribution in [0.4, 0.5) is 0 Å². The first-order valence-electron chi connectivity index (χ1n) is 39.9. The van der Waals surface area contributed by atoms with Gasteiger partial charge >= 0.3 is 11.9 Å². The number of carboxylic acids is 2. The van der Waals surface area contributed by atoms with Crippen molar-refractivity contribution in [3.63, 3.8) is 0 Å². The third-order valence-corrected chi connectivity index (χ3v) is 25.9. The minimum atomic E-state index is -2.35. The topological polar surface area (TPSA) is 687 Å². The van der Waals surface area contributed by atoms with Crippen LogP contribution < -0.4 is 68.2 Å². The lowest BCUT2D eigenvalue weighted by Gasteiger charge is -2.49. The van der Waals surface area contributed by atoms with Crippen molar-refractivity contribution in [1.82, 2.24) is 77.8 Å². The summed E-state index contributed by atoms with van der Waals surface area (Å²) in [5.41, 5.74) is 8.63. The van der Waals surface area contributed by atoms with Crippen molar-refractivity contribution in [1.29, 1.82) is 0 Å². The van der Waals surface area contributed by atoms with E-state index in [1.54, 1.807) is 0 Å². The number of halogens is 2. The number of aliphatic hydroxyl groups is 6. The lowest BCUT2D eigenvalue weighted by molar-refractivity contribution is -0.333. The van der Waals surface area contributed by atoms with E-state index in [0.717, 1.165) is 76.1 Å². The summed E-state index contributed by atoms with van der Waals surface area (Å²) < 4.78 is 40.3. The summed E-state index contributed by atoms with van der Waals surface area (Å²) in [6.45, 7) is 7.38. The number of aliphatic hydroxyl groups excluding tert-OH is 6. The number of likely N-dealkylation sites (N-methyl/N-ethyl adjacent to an activating group) is 1. The minimum Gasteiger partial charge on any atom is -0.508 e. The molecule has 11 bridgehead atoms. The van der Waals surface area contributed by atoms with Crippen molar-refractivity contribution in [2.45, 2.75) is 185 Å². The van der Waals surface area contributed by atoms with Gasteiger partial charge in [0.1, 0.15) is 124 Å². The molecule has 16 rings (SSSR count). The quantitative estimate of drug-likeness (QED) is 0.0337. The Balaban J connectivity index is 0.000000417. The Morgan fingerprint density at radius 1 is 0.754 bits per heavy atom. The van der Waals surface area contributed by atoms with E-state index in [1.807, 2.05) is 20.8 Å². The molecule has 0 radical (unpaired) electrons. The molecule has 50 heteroatoms. The summed E-state index contributed by atoms with van der Waals surface area (Å²) in [5.74, 6) is -17.2. The third kappa shape index (κ3) is 20.8. The van der Waals surface area contributed by atoms with E-state index in [2.05, 4.69) is 68.3 Å². The second kappa shape index (κ2) is 39.9. The molecule has 9 aliphatic rings. The SMILES string of the molecule is CN[C@H](CC(C)C)C(=O)N[C@H]1C(=O)N[C@@H](CC(N)=O)C(=O)N[C@H]2C(=O)N[C@H]3C(=O)N[C@H](C(=O)N[C@@H](C(=O)O)c4cc(O)cc(O)c4-c4cc3ccc4O)[C@H](O)c3ccc(c(Cl)c3)Oc3cc2cc(c3O[C@@H]2O[C@H](CO)[C@@H](O)[C@H](O)[C@H]2O[C@H]2C[C@](C)(N)C(O)[C@H](C)O2)Oc2ccc(cc2Cl)[C@H]1O.Cc1nnc(SCC2=C(C(=O)O)N3C(=O)[C@@H](NC(=O)Cn4cnnn4)[C@H]3SC2)s1. The highest BCUT2D eigenvalue weighted by molar-refractivity contribution is 8.01. The number of phenols is 3. The number of thioether (sulfide) groups is 2. The van der Waals surface area contributed by atoms with Gasteiger partial charge in [0.05, 0.1) is 41.3 Å². The van der Waals surface area contributed by atoms with E-state index in [-0.39, 0.29) is 58.5 Å². The van der Waals surface area contributed by atoms with Crippen molar-refractivity contribution >= 4 is 123 Å². The zero-order valence-corrected chi connectivity index (χ0v) is 73.2. The second-order valence-corrected chi connectivity index (χ2v) is 36.1. The summed E-state index contributed by atoms with van der Waals surface area (Å²) in [5, 5.41) is 162. The number of carboxylic acid groups (broad SMARTS) is 2. The fourth-order valence-corrected chi connectivity index (χ4v) is 19.1. The van der Waals surface area contributed by atoms with Crippen LogP contribution in [0.2, 0.25) is 10.0 Å². The van der Waals surface area contributed by atoms with Crippen LogP contribution in [0.1, 0.15) is 110 Å². The first-order valence-corrected chi connectivity index (χ1v) is 43.5. The number of β-lactam (4-membered cyclic amide) rings is 1. The van der Waals surface area contributed by atoms with E-state index in [9.17, 15) is 94.5 Å². The van der Waals surface area contributed by atoms with Crippen molar-refractivity contribution in [2.75, 3.05) is 25.2 Å². The predicted octanol–water partition coefficient (Wildman–Crippen LogP) is -0.530. The summed E-state index contributed by atoms with van der Waals surface area (Å²) >= 11 is 18.3. The van der Waals surface area contributed by atoms with Crippen LogP contribution >= 0.6 is 58.1 Å². The molecular formula is C80H89Cl2N17O28S3. The van der Waals surface area contributed by atoms with Crippen LogP contribution in [-0.2, 0) is 73.5 Å². The number of nitrogens with two attached hydrogens (primary N) is 2. The van der Waals surface area contributed by atoms with Gasteiger partial charge in [0, 0.05) is 46.2 Å². The molecule has 0 aliphatic carbocycles. The number of ether oxygens (including phenoxy) is 6. The Hall–Kier alpha value is -11.7. The number of aliphatic carboxylic acids is 2. The van der Waals surface area contributed by atoms with Crippen LogP contribution in [0.15, 0.2) is 101 Å². The van der Waals surface area contributed by atoms with Gasteiger partial charge in [0.2, 0.25) is 59.3 Å². The standard InChI is InChI=1S/C66H75Cl2N9O24.C14H14N8O4S3/c1-23(2)12-34(71-5)58(88)76-49-51(83)26-7-10-38(32(67)14-26)97-40-16-28-17-41(55(40)101-65-56(54(86)53(85)42(22-78)99-65)100-44-21-66(4,70)57(87)24(3)96-44)98-39-11-8-27(15-33(39)68)52(84)50-63(93)75-48(64(94)95)31-18-29(79)19-37(81)45(31)30-13-25(6-9-36(30)80)46(60(90)77-50)74-61(91)47(28)73-59(89)35(20-43(69)82)72-62(49)92;1-6-17-18-14(29-6)28-4-7-3-27-12-9(11(24)22(12)10(7)13(25)26)16-8(23)2-21-5-15-19-20-21/h6-11,13-19,23-24,34-35,42,44,46-54,56-57,65,71,78-81,83-87H,12,20-22,70H2,1-5H3,(H2,69,82)(H,72,92)(H,73,89)(H,74,91)(H,75,93)(H,76,88)(H,77,90)(H,94,95);5,9,12H,2-4H2,1H3,(H,16,23)(H,25,26)/t24-,34+,35-,42+,44-,46+,47+,48+,49+,50-,51+,52+,53+,54-,56+,57?,65-,66-;9-,12-/m01/s1. The van der Waals surface area contributed by atoms with E-state index >= 15 is 14.4 Å². The van der Waals surface area contributed by atoms with Gasteiger partial charge in [0.25, 0.3) is 5.91 Å². The highest BCUT2D eigenvalue weighted by Crippen LogP contribution is 2.51. The number of aryl methyl sites for hydroxylation is 1. The lowest BCUT2D eigenvalue weighted by atomic mass is 9.86. The molecule has 3 saturated heterocycles. The van der Waals surface area contributed by atoms with Gasteiger partial charge in [-0.25, -0.2) is 14.3 Å². The highest BCUT2D eigenvalue weighted by atomic mass is 35.5. The highest BCUT2D eigenvalue weighted by Gasteiger charge is 2.56. The monoisotopic (exact) mass is 1900 g/mol. The number of rotatable bonds is 20. The number of nitrogens with zero attached hydrogens (tertiary/aromatic N) is 7. The Kier molecular flexibility index (Phi) is 29.4. The second-order valence-electron chi connectivity index (χ2n) is 31.8. The summed E-state index contributed by atoms with van der Waals surface area (Å²) in [4.78, 5) is 155. The molecule has 2 aromatic heterocycles. The summed E-state index contributed by atoms with van der Waals surface area (Å²) in [7, 11) is 1.47. The number of fused-ring (bicyclic) bond motifs is 16. The van der Waals surface area contributed by atoms with Gasteiger partial charge in [-0.15, -0.1) is 27.1 Å². The number of carbonyl (C=O) groups is 11. The van der Waals surface area contributed by atoms with Crippen molar-refractivity contribution in [3.8, 4) is 57.1 Å². The van der Waals surface area contributed by atoms with Gasteiger partial charge in [-0.3, -0.25) is 48.1 Å². The number of carbonyl (C=O) groups excluding carboxylic acids is 9. The number of nitrogens with one attached hydrogen (secondary N) is 8. The number of aromatic hydroxyl groups is 3. The zero-order chi connectivity index (χ0) is 94.1. The van der Waals surface area contributed by atoms with Crippen molar-refractivity contribution < 1.29 is 137 Å². The Bertz CT molecular complexity index is 5610. The first-order chi connectivity index (χ1) is 61.6. The number of benzene rings is 5. The van der Waals surface area contributed by atoms with Gasteiger partial charge in [0.15, 0.2) is 34.3 Å². The molecule has 23 N–H and O–H groups in total. The number of amides is 9. The van der Waals surface area contributed by atoms with E-state index in [4.69, 9.17) is 63.1 Å². The fraction of sp³-hybridized carbons (Fsp3) is 0.425. The molecule has 694 valence electrons. The number of hydrogen-bond acceptors (Lipinski definition) is 36. The average molecular weight is 1900 g/mol. The fourth-order valence-electron chi connectivity index (χ4n) is 15.4. The first kappa shape index (κ1) is 95.9. The van der Waals surface area contributed by atoms with E-state index in [1.165, 1.54) is 83.8 Å². The van der Waals surface area contributed by atoms with Gasteiger partial charge < -0.3 is 139 Å². The molecule has 5 aromatic carbocycles. The average Bonchev–Trinajstić information content (AvgIpc) is 0.737. The van der Waals surface area contributed by atoms with Gasteiger partial charge in [-0.2, -0.15) is 0 Å². The smallest absolute Gasteiger partial charge is 0.352 e. The number of aromatic nitrogens is 6. The van der Waals surface area contributed by atoms with E-state index in [0.29, 0.717) is 17.1 Å². The third-order valence-electron chi connectivity index (χ3n) is 21.9. The van der Waals surface area contributed by atoms with Crippen LogP contribution in [-0.4, -0.2) is 272 Å². The van der Waals surface area contributed by atoms with Crippen molar-refractivity contribution in [3.05, 3.63) is 139 Å². The molecule has 3 fully saturated rings. The number of phenolic OH excluding ortho intramolecular Hbond substituents is 3. The maximum absolute atomic E-state index is 16.0. The molecular weight excluding hydrogens is 1810 g/mol. The number of hydrogen-bond donors (Lipinski definition) is 21. The molecule has 0 saturated carbocycles. The Morgan fingerprint density at radius 2 is 1.41 bits per heavy atom. The molecule has 20 atom stereocenters. The van der Waals surface area contributed by atoms with E-state index < -0.39 is 266 Å². The van der Waals surface area contributed by atoms with Crippen LogP contribution in [0.5, 0.6) is 46.0 Å². The molecule has 9 aliphatic heterocycles.